The minimum Gasteiger partial charge on any atom is -0.396 e. The van der Waals surface area contributed by atoms with Crippen molar-refractivity contribution >= 4 is 0 Å². The van der Waals surface area contributed by atoms with Crippen LogP contribution in [0, 0.1) is 5.92 Å². The Bertz CT molecular complexity index is 256. The molecule has 4 heteroatoms. The van der Waals surface area contributed by atoms with Gasteiger partial charge in [0.25, 0.3) is 0 Å². The molecule has 1 aliphatic carbocycles. The highest BCUT2D eigenvalue weighted by Gasteiger charge is 2.28. The van der Waals surface area contributed by atoms with Crippen LogP contribution in [0.15, 0.2) is 0 Å². The van der Waals surface area contributed by atoms with Crippen LogP contribution < -0.4 is 11.1 Å². The van der Waals surface area contributed by atoms with E-state index < -0.39 is 0 Å². The molecule has 20 heavy (non-hydrogen) atoms. The van der Waals surface area contributed by atoms with E-state index in [0.717, 1.165) is 44.4 Å². The third-order valence-electron chi connectivity index (χ3n) is 4.91. The molecule has 1 heterocycles. The second-order valence-corrected chi connectivity index (χ2v) is 6.71. The highest BCUT2D eigenvalue weighted by atomic mass is 16.2. The van der Waals surface area contributed by atoms with E-state index in [2.05, 4.69) is 10.2 Å². The molecule has 0 aromatic rings. The molecule has 1 aliphatic heterocycles. The molecule has 1 saturated heterocycles. The van der Waals surface area contributed by atoms with E-state index in [4.69, 9.17) is 10.8 Å². The summed E-state index contributed by atoms with van der Waals surface area (Å²) < 4.78 is 0. The maximum absolute atomic E-state index is 9.04. The standard InChI is InChI=1S/C16H33N3O/c17-8-9-19-12-14(5-4-10-20)11-16(13-19)18-15-6-2-1-3-7-15/h14-16,18,20H,1-13,17H2. The Kier molecular flexibility index (Phi) is 7.28. The molecule has 0 aromatic heterocycles. The number of likely N-dealkylation sites (tertiary alicyclic amines) is 1. The van der Waals surface area contributed by atoms with E-state index in [1.54, 1.807) is 0 Å². The Morgan fingerprint density at radius 2 is 1.90 bits per heavy atom. The van der Waals surface area contributed by atoms with Crippen LogP contribution in [-0.2, 0) is 0 Å². The zero-order valence-electron chi connectivity index (χ0n) is 12.9. The highest BCUT2D eigenvalue weighted by Crippen LogP contribution is 2.24. The molecule has 2 aliphatic rings. The Labute approximate surface area is 124 Å². The van der Waals surface area contributed by atoms with Crippen LogP contribution in [0.4, 0.5) is 0 Å². The van der Waals surface area contributed by atoms with E-state index in [1.165, 1.54) is 45.1 Å². The van der Waals surface area contributed by atoms with Gasteiger partial charge in [0.15, 0.2) is 0 Å². The smallest absolute Gasteiger partial charge is 0.0431 e. The maximum atomic E-state index is 9.04. The minimum absolute atomic E-state index is 0.327. The van der Waals surface area contributed by atoms with Crippen LogP contribution in [0.2, 0.25) is 0 Å². The van der Waals surface area contributed by atoms with Gasteiger partial charge in [-0.2, -0.15) is 0 Å². The lowest BCUT2D eigenvalue weighted by molar-refractivity contribution is 0.123. The van der Waals surface area contributed by atoms with Crippen LogP contribution in [0.5, 0.6) is 0 Å². The van der Waals surface area contributed by atoms with E-state index in [-0.39, 0.29) is 0 Å². The van der Waals surface area contributed by atoms with Gasteiger partial charge in [-0.05, 0) is 38.0 Å². The predicted molar refractivity (Wildman–Crippen MR) is 83.7 cm³/mol. The highest BCUT2D eigenvalue weighted by molar-refractivity contribution is 4.86. The lowest BCUT2D eigenvalue weighted by Gasteiger charge is -2.40. The molecule has 2 unspecified atom stereocenters. The molecule has 0 aromatic carbocycles. The third-order valence-corrected chi connectivity index (χ3v) is 4.91. The van der Waals surface area contributed by atoms with Crippen LogP contribution >= 0.6 is 0 Å². The summed E-state index contributed by atoms with van der Waals surface area (Å²) >= 11 is 0. The molecule has 2 fully saturated rings. The second-order valence-electron chi connectivity index (χ2n) is 6.71. The number of nitrogens with two attached hydrogens (primary N) is 1. The summed E-state index contributed by atoms with van der Waals surface area (Å²) in [5.74, 6) is 0.726. The average molecular weight is 283 g/mol. The first-order valence-corrected chi connectivity index (χ1v) is 8.61. The summed E-state index contributed by atoms with van der Waals surface area (Å²) in [6.45, 7) is 4.42. The molecule has 2 rings (SSSR count). The Hall–Kier alpha value is -0.160. The lowest BCUT2D eigenvalue weighted by Crippen LogP contribution is -2.53. The van der Waals surface area contributed by atoms with Crippen molar-refractivity contribution in [2.75, 3.05) is 32.8 Å². The number of hydrogen-bond acceptors (Lipinski definition) is 4. The fourth-order valence-electron chi connectivity index (χ4n) is 3.98. The minimum atomic E-state index is 0.327. The van der Waals surface area contributed by atoms with Gasteiger partial charge < -0.3 is 21.1 Å². The molecule has 0 radical (unpaired) electrons. The van der Waals surface area contributed by atoms with Gasteiger partial charge in [-0.1, -0.05) is 19.3 Å². The fourth-order valence-corrected chi connectivity index (χ4v) is 3.98. The monoisotopic (exact) mass is 283 g/mol. The van der Waals surface area contributed by atoms with E-state index in [0.29, 0.717) is 12.6 Å². The van der Waals surface area contributed by atoms with Crippen molar-refractivity contribution in [2.45, 2.75) is 63.5 Å². The number of aliphatic hydroxyl groups is 1. The first kappa shape index (κ1) is 16.2. The van der Waals surface area contributed by atoms with Gasteiger partial charge in [-0.15, -0.1) is 0 Å². The van der Waals surface area contributed by atoms with E-state index in [1.807, 2.05) is 0 Å². The predicted octanol–water partition coefficient (Wildman–Crippen LogP) is 1.33. The first-order chi connectivity index (χ1) is 9.81. The summed E-state index contributed by atoms with van der Waals surface area (Å²) in [7, 11) is 0. The lowest BCUT2D eigenvalue weighted by atomic mass is 9.88. The quantitative estimate of drug-likeness (QED) is 0.660. The largest absolute Gasteiger partial charge is 0.396 e. The molecule has 4 N–H and O–H groups in total. The molecule has 0 amide bonds. The third kappa shape index (κ3) is 5.32. The number of nitrogens with zero attached hydrogens (tertiary/aromatic N) is 1. The number of nitrogens with one attached hydrogen (secondary N) is 1. The Morgan fingerprint density at radius 3 is 2.60 bits per heavy atom. The Morgan fingerprint density at radius 1 is 1.10 bits per heavy atom. The van der Waals surface area contributed by atoms with Crippen molar-refractivity contribution in [1.82, 2.24) is 10.2 Å². The molecule has 118 valence electrons. The molecule has 2 atom stereocenters. The van der Waals surface area contributed by atoms with Crippen molar-refractivity contribution in [1.29, 1.82) is 0 Å². The zero-order valence-corrected chi connectivity index (χ0v) is 12.9. The number of aliphatic hydroxyl groups excluding tert-OH is 1. The van der Waals surface area contributed by atoms with Gasteiger partial charge in [-0.3, -0.25) is 0 Å². The van der Waals surface area contributed by atoms with Crippen LogP contribution in [0.25, 0.3) is 0 Å². The topological polar surface area (TPSA) is 61.5 Å². The van der Waals surface area contributed by atoms with Crippen molar-refractivity contribution in [3.63, 3.8) is 0 Å². The van der Waals surface area contributed by atoms with Crippen molar-refractivity contribution in [3.8, 4) is 0 Å². The average Bonchev–Trinajstić information content (AvgIpc) is 2.46. The van der Waals surface area contributed by atoms with Gasteiger partial charge in [-0.25, -0.2) is 0 Å². The van der Waals surface area contributed by atoms with Crippen LogP contribution in [0.1, 0.15) is 51.4 Å². The van der Waals surface area contributed by atoms with Crippen molar-refractivity contribution < 1.29 is 5.11 Å². The molecule has 0 bridgehead atoms. The molecule has 4 nitrogen and oxygen atoms in total. The summed E-state index contributed by atoms with van der Waals surface area (Å²) in [5, 5.41) is 13.0. The molecular formula is C16H33N3O. The van der Waals surface area contributed by atoms with Gasteiger partial charge in [0.2, 0.25) is 0 Å². The van der Waals surface area contributed by atoms with Gasteiger partial charge in [0.1, 0.15) is 0 Å². The number of piperidine rings is 1. The summed E-state index contributed by atoms with van der Waals surface area (Å²) in [6.07, 6.45) is 10.3. The van der Waals surface area contributed by atoms with Crippen molar-refractivity contribution in [2.24, 2.45) is 11.7 Å². The van der Waals surface area contributed by atoms with E-state index in [9.17, 15) is 0 Å². The van der Waals surface area contributed by atoms with Crippen LogP contribution in [-0.4, -0.2) is 54.9 Å². The molecule has 1 saturated carbocycles. The number of hydrogen-bond donors (Lipinski definition) is 3. The van der Waals surface area contributed by atoms with Crippen molar-refractivity contribution in [3.05, 3.63) is 0 Å². The summed E-state index contributed by atoms with van der Waals surface area (Å²) in [4.78, 5) is 2.52. The Balaban J connectivity index is 1.81. The molecular weight excluding hydrogens is 250 g/mol. The maximum Gasteiger partial charge on any atom is 0.0431 e. The zero-order chi connectivity index (χ0) is 14.2. The first-order valence-electron chi connectivity index (χ1n) is 8.61. The van der Waals surface area contributed by atoms with Gasteiger partial charge in [0.05, 0.1) is 0 Å². The summed E-state index contributed by atoms with van der Waals surface area (Å²) in [6, 6.07) is 1.37. The van der Waals surface area contributed by atoms with Gasteiger partial charge in [0, 0.05) is 44.9 Å². The summed E-state index contributed by atoms with van der Waals surface area (Å²) in [5.41, 5.74) is 5.73. The molecule has 0 spiro atoms. The fraction of sp³-hybridized carbons (Fsp3) is 1.00. The second kappa shape index (κ2) is 8.98. The van der Waals surface area contributed by atoms with Gasteiger partial charge >= 0.3 is 0 Å². The number of rotatable bonds is 7. The normalized spacial score (nSPS) is 29.7. The SMILES string of the molecule is NCCN1CC(CCCO)CC(NC2CCCCC2)C1. The van der Waals surface area contributed by atoms with E-state index >= 15 is 0 Å². The van der Waals surface area contributed by atoms with Crippen LogP contribution in [0.3, 0.4) is 0 Å².